The number of hydrogen-bond acceptors (Lipinski definition) is 6. The Morgan fingerprint density at radius 2 is 1.84 bits per heavy atom. The van der Waals surface area contributed by atoms with Gasteiger partial charge in [-0.2, -0.15) is 21.6 Å². The highest BCUT2D eigenvalue weighted by Gasteiger charge is 2.46. The van der Waals surface area contributed by atoms with E-state index in [9.17, 15) is 26.7 Å². The monoisotopic (exact) mass is 608 g/mol. The summed E-state index contributed by atoms with van der Waals surface area (Å²) in [5.41, 5.74) is -1.28. The number of alkyl halides is 3. The van der Waals surface area contributed by atoms with E-state index in [1.165, 1.54) is 24.7 Å². The number of sulfonamides is 1. The van der Waals surface area contributed by atoms with Crippen molar-refractivity contribution >= 4 is 42.8 Å². The van der Waals surface area contributed by atoms with Gasteiger partial charge >= 0.3 is 15.5 Å². The molecule has 8 nitrogen and oxygen atoms in total. The number of aliphatic hydroxyl groups excluding tert-OH is 1. The van der Waals surface area contributed by atoms with Crippen LogP contribution >= 0.6 is 15.9 Å². The van der Waals surface area contributed by atoms with Gasteiger partial charge in [0, 0.05) is 27.6 Å². The molecule has 0 spiro atoms. The Morgan fingerprint density at radius 1 is 1.08 bits per heavy atom. The van der Waals surface area contributed by atoms with E-state index < -0.39 is 15.5 Å². The number of aromatic nitrogens is 3. The van der Waals surface area contributed by atoms with Gasteiger partial charge in [0.2, 0.25) is 0 Å². The number of fused-ring (bicyclic) bond motifs is 2. The lowest BCUT2D eigenvalue weighted by Crippen LogP contribution is -2.30. The first-order valence-electron chi connectivity index (χ1n) is 11.4. The van der Waals surface area contributed by atoms with Crippen molar-refractivity contribution in [3.05, 3.63) is 76.5 Å². The zero-order valence-corrected chi connectivity index (χ0v) is 22.2. The Balaban J connectivity index is 1.75. The molecule has 0 fully saturated rings. The Labute approximate surface area is 223 Å². The van der Waals surface area contributed by atoms with Gasteiger partial charge in [0.15, 0.2) is 5.65 Å². The Hall–Kier alpha value is -3.42. The molecule has 2 N–H and O–H groups in total. The molecule has 2 aromatic heterocycles. The van der Waals surface area contributed by atoms with Crippen LogP contribution in [0.3, 0.4) is 0 Å². The van der Waals surface area contributed by atoms with Crippen LogP contribution in [-0.4, -0.2) is 33.6 Å². The van der Waals surface area contributed by atoms with Gasteiger partial charge in [0.1, 0.15) is 11.3 Å². The maximum Gasteiger partial charge on any atom is 0.516 e. The highest BCUT2D eigenvalue weighted by molar-refractivity contribution is 9.10. The van der Waals surface area contributed by atoms with Crippen LogP contribution in [0.1, 0.15) is 24.0 Å². The van der Waals surface area contributed by atoms with Crippen molar-refractivity contribution in [3.63, 3.8) is 0 Å². The number of nitrogens with one attached hydrogen (secondary N) is 1. The summed E-state index contributed by atoms with van der Waals surface area (Å²) in [5, 5.41) is 9.61. The molecule has 1 aliphatic heterocycles. The van der Waals surface area contributed by atoms with Gasteiger partial charge in [-0.15, -0.1) is 0 Å². The molecule has 1 aromatic carbocycles. The minimum absolute atomic E-state index is 0.212. The summed E-state index contributed by atoms with van der Waals surface area (Å²) in [6, 6.07) is 11.1. The zero-order valence-electron chi connectivity index (χ0n) is 19.8. The molecular formula is C25H20BrF3N4O4S. The van der Waals surface area contributed by atoms with E-state index in [1.807, 2.05) is 11.5 Å². The number of hydrogen-bond donors (Lipinski definition) is 2. The summed E-state index contributed by atoms with van der Waals surface area (Å²) in [5.74, 6) is 0.714. The van der Waals surface area contributed by atoms with E-state index in [-0.39, 0.29) is 24.4 Å². The van der Waals surface area contributed by atoms with E-state index in [4.69, 9.17) is 4.42 Å². The van der Waals surface area contributed by atoms with Crippen molar-refractivity contribution in [2.45, 2.75) is 32.0 Å². The van der Waals surface area contributed by atoms with Gasteiger partial charge in [0.05, 0.1) is 37.1 Å². The highest BCUT2D eigenvalue weighted by Crippen LogP contribution is 2.48. The fourth-order valence-corrected chi connectivity index (χ4v) is 5.75. The molecule has 2 aliphatic rings. The summed E-state index contributed by atoms with van der Waals surface area (Å²) < 4.78 is 73.1. The van der Waals surface area contributed by atoms with Crippen LogP contribution in [0.4, 0.5) is 18.9 Å². The van der Waals surface area contributed by atoms with Crippen molar-refractivity contribution in [2.24, 2.45) is 0 Å². The molecule has 0 amide bonds. The Morgan fingerprint density at radius 3 is 2.55 bits per heavy atom. The van der Waals surface area contributed by atoms with Crippen molar-refractivity contribution in [1.29, 1.82) is 0 Å². The molecule has 3 heterocycles. The van der Waals surface area contributed by atoms with Crippen LogP contribution in [0, 0.1) is 0 Å². The summed E-state index contributed by atoms with van der Waals surface area (Å²) in [6.45, 7) is 1.89. The van der Waals surface area contributed by atoms with Gasteiger partial charge in [-0.1, -0.05) is 25.1 Å². The van der Waals surface area contributed by atoms with Crippen molar-refractivity contribution in [3.8, 4) is 22.3 Å². The predicted molar refractivity (Wildman–Crippen MR) is 139 cm³/mol. The van der Waals surface area contributed by atoms with Crippen LogP contribution in [0.5, 0.6) is 0 Å². The molecule has 198 valence electrons. The largest absolute Gasteiger partial charge is 0.516 e. The van der Waals surface area contributed by atoms with E-state index in [2.05, 4.69) is 25.9 Å². The SMILES string of the molecule is CCc1nc2ccc(CO)nc2n1Cc1c2ccocc-2c(Br)c1-c1ccccc1NS(=O)(=O)C(F)(F)F. The third kappa shape index (κ3) is 4.44. The standard InChI is InChI=1S/C25H20BrF3N4O4S/c1-2-21-31-20-8-7-14(12-34)30-24(20)33(21)11-17-15-9-10-37-13-18(15)23(26)22(17)16-5-3-4-6-19(16)32-38(35,36)25(27,28)29/h3-10,13,32,34H,2,11-12H2,1H3. The second kappa shape index (κ2) is 9.71. The molecule has 13 heteroatoms. The smallest absolute Gasteiger partial charge is 0.472 e. The summed E-state index contributed by atoms with van der Waals surface area (Å²) in [6.07, 6.45) is 3.55. The number of imidazole rings is 1. The molecular weight excluding hydrogens is 589 g/mol. The lowest BCUT2D eigenvalue weighted by Gasteiger charge is -2.16. The Kier molecular flexibility index (Phi) is 6.70. The van der Waals surface area contributed by atoms with Gasteiger partial charge in [-0.25, -0.2) is 9.97 Å². The van der Waals surface area contributed by atoms with Crippen LogP contribution < -0.4 is 4.72 Å². The third-order valence-electron chi connectivity index (χ3n) is 6.14. The van der Waals surface area contributed by atoms with E-state index in [0.717, 1.165) is 5.56 Å². The summed E-state index contributed by atoms with van der Waals surface area (Å²) in [4.78, 5) is 9.20. The molecule has 0 radical (unpaired) electrons. The maximum absolute atomic E-state index is 13.2. The molecule has 3 aromatic rings. The van der Waals surface area contributed by atoms with Gasteiger partial charge in [-0.05, 0) is 51.3 Å². The Bertz CT molecular complexity index is 1730. The number of benzene rings is 1. The van der Waals surface area contributed by atoms with Gasteiger partial charge in [0.25, 0.3) is 0 Å². The number of aryl methyl sites for hydroxylation is 1. The predicted octanol–water partition coefficient (Wildman–Crippen LogP) is 5.92. The maximum atomic E-state index is 13.2. The first-order valence-corrected chi connectivity index (χ1v) is 13.6. The molecule has 0 saturated carbocycles. The summed E-state index contributed by atoms with van der Waals surface area (Å²) in [7, 11) is -5.67. The molecule has 0 bridgehead atoms. The number of rotatable bonds is 7. The number of nitrogens with zero attached hydrogens (tertiary/aromatic N) is 3. The van der Waals surface area contributed by atoms with Crippen LogP contribution in [0.25, 0.3) is 33.4 Å². The van der Waals surface area contributed by atoms with Crippen molar-refractivity contribution < 1.29 is 31.1 Å². The fraction of sp³-hybridized carbons (Fsp3) is 0.200. The number of pyridine rings is 1. The topological polar surface area (TPSA) is 110 Å². The summed E-state index contributed by atoms with van der Waals surface area (Å²) >= 11 is 3.57. The average Bonchev–Trinajstić information content (AvgIpc) is 3.38. The number of halogens is 4. The van der Waals surface area contributed by atoms with Crippen LogP contribution in [-0.2, 0) is 29.6 Å². The van der Waals surface area contributed by atoms with E-state index in [0.29, 0.717) is 50.3 Å². The van der Waals surface area contributed by atoms with E-state index >= 15 is 0 Å². The molecule has 0 unspecified atom stereocenters. The lowest BCUT2D eigenvalue weighted by molar-refractivity contribution is -0.0429. The number of aliphatic hydroxyl groups is 1. The molecule has 0 saturated heterocycles. The number of anilines is 1. The quantitative estimate of drug-likeness (QED) is 0.237. The second-order valence-electron chi connectivity index (χ2n) is 8.42. The second-order valence-corrected chi connectivity index (χ2v) is 10.9. The van der Waals surface area contributed by atoms with Crippen molar-refractivity contribution in [2.75, 3.05) is 4.72 Å². The van der Waals surface area contributed by atoms with E-state index in [1.54, 1.807) is 35.1 Å². The fourth-order valence-electron chi connectivity index (χ4n) is 4.41. The molecule has 0 atom stereocenters. The zero-order chi connectivity index (χ0) is 27.2. The molecule has 38 heavy (non-hydrogen) atoms. The lowest BCUT2D eigenvalue weighted by atomic mass is 10.0. The minimum Gasteiger partial charge on any atom is -0.472 e. The first kappa shape index (κ1) is 26.2. The van der Waals surface area contributed by atoms with Gasteiger partial charge < -0.3 is 14.1 Å². The normalized spacial score (nSPS) is 12.5. The highest BCUT2D eigenvalue weighted by atomic mass is 79.9. The third-order valence-corrected chi connectivity index (χ3v) is 8.06. The minimum atomic E-state index is -5.67. The van der Waals surface area contributed by atoms with Crippen molar-refractivity contribution in [1.82, 2.24) is 14.5 Å². The molecule has 1 aliphatic carbocycles. The van der Waals surface area contributed by atoms with Gasteiger partial charge in [-0.3, -0.25) is 4.72 Å². The first-order chi connectivity index (χ1) is 18.1. The number of para-hydroxylation sites is 1. The molecule has 5 rings (SSSR count). The van der Waals surface area contributed by atoms with Crippen LogP contribution in [0.2, 0.25) is 0 Å². The average molecular weight is 609 g/mol. The van der Waals surface area contributed by atoms with Crippen LogP contribution in [0.15, 0.2) is 63.9 Å².